The van der Waals surface area contributed by atoms with Gasteiger partial charge in [0.05, 0.1) is 11.9 Å². The van der Waals surface area contributed by atoms with Crippen LogP contribution in [0, 0.1) is 6.92 Å². The van der Waals surface area contributed by atoms with Gasteiger partial charge in [0.25, 0.3) is 0 Å². The van der Waals surface area contributed by atoms with Crippen molar-refractivity contribution in [1.29, 1.82) is 0 Å². The van der Waals surface area contributed by atoms with Crippen LogP contribution in [0.2, 0.25) is 10.0 Å². The zero-order valence-electron chi connectivity index (χ0n) is 21.6. The molecule has 36 heavy (non-hydrogen) atoms. The first-order valence-corrected chi connectivity index (χ1v) is 14.3. The molecule has 0 bridgehead atoms. The van der Waals surface area contributed by atoms with Crippen molar-refractivity contribution in [3.63, 3.8) is 0 Å². The van der Waals surface area contributed by atoms with Crippen LogP contribution in [0.4, 0.5) is 5.69 Å². The lowest BCUT2D eigenvalue weighted by atomic mass is 10.1. The first-order valence-electron chi connectivity index (χ1n) is 11.7. The van der Waals surface area contributed by atoms with Crippen LogP contribution in [0.5, 0.6) is 0 Å². The summed E-state index contributed by atoms with van der Waals surface area (Å²) in [5.41, 5.74) is 1.58. The second kappa shape index (κ2) is 12.3. The molecule has 0 heterocycles. The molecule has 1 N–H and O–H groups in total. The van der Waals surface area contributed by atoms with Crippen molar-refractivity contribution in [3.8, 4) is 0 Å². The fourth-order valence-electron chi connectivity index (χ4n) is 3.72. The average molecular weight is 557 g/mol. The highest BCUT2D eigenvalue weighted by Crippen LogP contribution is 2.25. The number of benzene rings is 2. The molecule has 2 aromatic rings. The molecular weight excluding hydrogens is 521 g/mol. The summed E-state index contributed by atoms with van der Waals surface area (Å²) < 4.78 is 26.3. The molecule has 2 rings (SSSR count). The minimum atomic E-state index is -3.55. The number of carbonyl (C=O) groups is 2. The van der Waals surface area contributed by atoms with Crippen molar-refractivity contribution in [1.82, 2.24) is 10.2 Å². The Balaban J connectivity index is 2.24. The smallest absolute Gasteiger partial charge is 0.242 e. The fraction of sp³-hybridized carbons (Fsp3) is 0.462. The number of rotatable bonds is 10. The molecule has 0 aliphatic carbocycles. The van der Waals surface area contributed by atoms with E-state index in [1.165, 1.54) is 9.21 Å². The SMILES string of the molecule is Cc1ccccc1N(CCCC(=O)N(Cc1ccc(Cl)cc1Cl)C(C)C(=O)NC(C)(C)C)S(C)(=O)=O. The van der Waals surface area contributed by atoms with Gasteiger partial charge in [-0.15, -0.1) is 0 Å². The Morgan fingerprint density at radius 2 is 1.72 bits per heavy atom. The minimum Gasteiger partial charge on any atom is -0.350 e. The molecule has 0 fully saturated rings. The first-order chi connectivity index (χ1) is 16.6. The van der Waals surface area contributed by atoms with Gasteiger partial charge in [0.1, 0.15) is 6.04 Å². The van der Waals surface area contributed by atoms with Gasteiger partial charge in [0, 0.05) is 35.1 Å². The molecule has 0 spiro atoms. The van der Waals surface area contributed by atoms with Gasteiger partial charge in [-0.2, -0.15) is 0 Å². The molecule has 198 valence electrons. The van der Waals surface area contributed by atoms with Crippen LogP contribution in [0.15, 0.2) is 42.5 Å². The lowest BCUT2D eigenvalue weighted by molar-refractivity contribution is -0.141. The molecule has 7 nitrogen and oxygen atoms in total. The van der Waals surface area contributed by atoms with Crippen LogP contribution in [0.25, 0.3) is 0 Å². The van der Waals surface area contributed by atoms with Gasteiger partial charge in [0.2, 0.25) is 21.8 Å². The molecule has 0 aliphatic rings. The van der Waals surface area contributed by atoms with E-state index < -0.39 is 21.6 Å². The van der Waals surface area contributed by atoms with Crippen molar-refractivity contribution in [2.24, 2.45) is 0 Å². The number of carbonyl (C=O) groups excluding carboxylic acids is 2. The van der Waals surface area contributed by atoms with Crippen molar-refractivity contribution in [2.75, 3.05) is 17.1 Å². The Morgan fingerprint density at radius 3 is 2.28 bits per heavy atom. The first kappa shape index (κ1) is 29.9. The predicted octanol–water partition coefficient (Wildman–Crippen LogP) is 5.18. The highest BCUT2D eigenvalue weighted by atomic mass is 35.5. The summed E-state index contributed by atoms with van der Waals surface area (Å²) in [6.07, 6.45) is 1.48. The maximum atomic E-state index is 13.4. The molecule has 1 unspecified atom stereocenters. The monoisotopic (exact) mass is 555 g/mol. The van der Waals surface area contributed by atoms with Crippen LogP contribution in [0.3, 0.4) is 0 Å². The second-order valence-electron chi connectivity index (χ2n) is 9.90. The molecule has 0 saturated heterocycles. The Kier molecular flexibility index (Phi) is 10.2. The number of hydrogen-bond donors (Lipinski definition) is 1. The summed E-state index contributed by atoms with van der Waals surface area (Å²) in [5.74, 6) is -0.575. The van der Waals surface area contributed by atoms with Gasteiger partial charge in [-0.3, -0.25) is 13.9 Å². The molecule has 10 heteroatoms. The number of sulfonamides is 1. The van der Waals surface area contributed by atoms with Gasteiger partial charge in [-0.1, -0.05) is 47.5 Å². The Labute approximate surface area is 224 Å². The summed E-state index contributed by atoms with van der Waals surface area (Å²) >= 11 is 12.4. The number of aryl methyl sites for hydroxylation is 1. The van der Waals surface area contributed by atoms with Gasteiger partial charge in [-0.25, -0.2) is 8.42 Å². The normalized spacial score (nSPS) is 12.7. The van der Waals surface area contributed by atoms with Crippen molar-refractivity contribution in [3.05, 3.63) is 63.6 Å². The van der Waals surface area contributed by atoms with E-state index in [4.69, 9.17) is 23.2 Å². The van der Waals surface area contributed by atoms with Crippen molar-refractivity contribution in [2.45, 2.75) is 65.6 Å². The molecule has 0 saturated carbocycles. The number of anilines is 1. The quantitative estimate of drug-likeness (QED) is 0.437. The zero-order valence-corrected chi connectivity index (χ0v) is 24.0. The third kappa shape index (κ3) is 8.68. The number of hydrogen-bond acceptors (Lipinski definition) is 4. The van der Waals surface area contributed by atoms with Crippen molar-refractivity contribution < 1.29 is 18.0 Å². The summed E-state index contributed by atoms with van der Waals surface area (Å²) in [6, 6.07) is 11.4. The van der Waals surface area contributed by atoms with E-state index in [0.717, 1.165) is 11.8 Å². The van der Waals surface area contributed by atoms with Crippen LogP contribution < -0.4 is 9.62 Å². The molecule has 2 aromatic carbocycles. The van der Waals surface area contributed by atoms with Crippen LogP contribution in [0.1, 0.15) is 51.7 Å². The summed E-state index contributed by atoms with van der Waals surface area (Å²) in [5, 5.41) is 3.78. The Morgan fingerprint density at radius 1 is 1.08 bits per heavy atom. The van der Waals surface area contributed by atoms with Gasteiger partial charge < -0.3 is 10.2 Å². The molecule has 0 aliphatic heterocycles. The van der Waals surface area contributed by atoms with Gasteiger partial charge in [-0.05, 0) is 70.4 Å². The summed E-state index contributed by atoms with van der Waals surface area (Å²) in [7, 11) is -3.55. The van der Waals surface area contributed by atoms with Crippen LogP contribution in [-0.2, 0) is 26.2 Å². The lowest BCUT2D eigenvalue weighted by Crippen LogP contribution is -2.52. The predicted molar refractivity (Wildman–Crippen MR) is 147 cm³/mol. The highest BCUT2D eigenvalue weighted by molar-refractivity contribution is 7.92. The van der Waals surface area contributed by atoms with Gasteiger partial charge >= 0.3 is 0 Å². The Bertz CT molecular complexity index is 1200. The summed E-state index contributed by atoms with van der Waals surface area (Å²) in [4.78, 5) is 27.8. The standard InChI is InChI=1S/C26H35Cl2N3O4S/c1-18-10-7-8-11-23(18)31(36(6,34)35)15-9-12-24(32)30(19(2)25(33)29-26(3,4)5)17-20-13-14-21(27)16-22(20)28/h7-8,10-11,13-14,16,19H,9,12,15,17H2,1-6H3,(H,29,33). The highest BCUT2D eigenvalue weighted by Gasteiger charge is 2.29. The number of amides is 2. The largest absolute Gasteiger partial charge is 0.350 e. The third-order valence-corrected chi connectivity index (χ3v) is 7.32. The minimum absolute atomic E-state index is 0.0518. The van der Waals surface area contributed by atoms with E-state index in [1.54, 1.807) is 37.3 Å². The molecular formula is C26H35Cl2N3O4S. The topological polar surface area (TPSA) is 86.8 Å². The van der Waals surface area contributed by atoms with E-state index in [0.29, 0.717) is 21.3 Å². The second-order valence-corrected chi connectivity index (χ2v) is 12.6. The number of para-hydroxylation sites is 1. The molecule has 0 radical (unpaired) electrons. The Hall–Kier alpha value is -2.29. The molecule has 2 amide bonds. The zero-order chi connectivity index (χ0) is 27.3. The van der Waals surface area contributed by atoms with E-state index in [-0.39, 0.29) is 37.7 Å². The molecule has 0 aromatic heterocycles. The number of halogens is 2. The molecule has 1 atom stereocenters. The van der Waals surface area contributed by atoms with E-state index >= 15 is 0 Å². The summed E-state index contributed by atoms with van der Waals surface area (Å²) in [6.45, 7) is 9.35. The lowest BCUT2D eigenvalue weighted by Gasteiger charge is -2.32. The van der Waals surface area contributed by atoms with E-state index in [2.05, 4.69) is 5.32 Å². The van der Waals surface area contributed by atoms with E-state index in [1.807, 2.05) is 39.8 Å². The maximum Gasteiger partial charge on any atom is 0.242 e. The average Bonchev–Trinajstić information content (AvgIpc) is 2.74. The number of nitrogens with one attached hydrogen (secondary N) is 1. The maximum absolute atomic E-state index is 13.4. The number of nitrogens with zero attached hydrogens (tertiary/aromatic N) is 2. The van der Waals surface area contributed by atoms with E-state index in [9.17, 15) is 18.0 Å². The van der Waals surface area contributed by atoms with Crippen LogP contribution >= 0.6 is 23.2 Å². The van der Waals surface area contributed by atoms with Crippen molar-refractivity contribution >= 4 is 50.7 Å². The third-order valence-electron chi connectivity index (χ3n) is 5.56. The van der Waals surface area contributed by atoms with Crippen LogP contribution in [-0.4, -0.2) is 49.5 Å². The van der Waals surface area contributed by atoms with Gasteiger partial charge in [0.15, 0.2) is 0 Å². The fourth-order valence-corrected chi connectivity index (χ4v) is 5.21.